The molecule has 2 rings (SSSR count). The second-order valence-corrected chi connectivity index (χ2v) is 12.5. The van der Waals surface area contributed by atoms with Crippen LogP contribution in [0, 0.1) is 13.8 Å². The van der Waals surface area contributed by atoms with Crippen LogP contribution in [0.5, 0.6) is 0 Å². The maximum absolute atomic E-state index is 14.2. The van der Waals surface area contributed by atoms with Crippen molar-refractivity contribution in [2.45, 2.75) is 98.4 Å². The van der Waals surface area contributed by atoms with E-state index in [1.165, 1.54) is 4.90 Å². The molecule has 42 heavy (non-hydrogen) atoms. The van der Waals surface area contributed by atoms with Gasteiger partial charge in [-0.25, -0.2) is 9.59 Å². The molecule has 2 N–H and O–H groups in total. The van der Waals surface area contributed by atoms with Crippen LogP contribution in [-0.4, -0.2) is 59.1 Å². The van der Waals surface area contributed by atoms with E-state index in [0.717, 1.165) is 16.7 Å². The summed E-state index contributed by atoms with van der Waals surface area (Å²) in [5, 5.41) is 5.41. The van der Waals surface area contributed by atoms with Crippen molar-refractivity contribution in [2.75, 3.05) is 13.1 Å². The largest absolute Gasteiger partial charge is 0.458 e. The van der Waals surface area contributed by atoms with Gasteiger partial charge in [-0.2, -0.15) is 0 Å². The molecule has 0 saturated heterocycles. The Kier molecular flexibility index (Phi) is 12.1. The number of nitrogens with zero attached hydrogens (tertiary/aromatic N) is 1. The smallest absolute Gasteiger partial charge is 0.408 e. The Balaban J connectivity index is 2.48. The van der Waals surface area contributed by atoms with E-state index in [-0.39, 0.29) is 19.5 Å². The fourth-order valence-corrected chi connectivity index (χ4v) is 4.37. The van der Waals surface area contributed by atoms with Crippen molar-refractivity contribution in [3.05, 3.63) is 70.8 Å². The van der Waals surface area contributed by atoms with E-state index in [2.05, 4.69) is 10.6 Å². The number of amides is 3. The Morgan fingerprint density at radius 2 is 1.50 bits per heavy atom. The van der Waals surface area contributed by atoms with Crippen LogP contribution in [0.15, 0.2) is 48.5 Å². The molecule has 9 heteroatoms. The van der Waals surface area contributed by atoms with Crippen molar-refractivity contribution in [1.82, 2.24) is 15.5 Å². The Morgan fingerprint density at radius 1 is 0.881 bits per heavy atom. The third-order valence-electron chi connectivity index (χ3n) is 6.15. The molecule has 0 heterocycles. The Hall–Kier alpha value is -3.88. The average Bonchev–Trinajstić information content (AvgIpc) is 2.87. The van der Waals surface area contributed by atoms with E-state index in [1.807, 2.05) is 69.3 Å². The Morgan fingerprint density at radius 3 is 2.07 bits per heavy atom. The molecule has 9 nitrogen and oxygen atoms in total. The molecule has 0 radical (unpaired) electrons. The number of ether oxygens (including phenoxy) is 2. The summed E-state index contributed by atoms with van der Waals surface area (Å²) in [7, 11) is 0. The van der Waals surface area contributed by atoms with Crippen LogP contribution in [-0.2, 0) is 30.3 Å². The molecular formula is C33H47N3O6. The minimum Gasteiger partial charge on any atom is -0.458 e. The van der Waals surface area contributed by atoms with Gasteiger partial charge in [0.25, 0.3) is 0 Å². The first-order chi connectivity index (χ1) is 19.5. The van der Waals surface area contributed by atoms with Crippen LogP contribution in [0.25, 0.3) is 0 Å². The second kappa shape index (κ2) is 14.8. The average molecular weight is 582 g/mol. The number of aryl methyl sites for hydroxylation is 2. The monoisotopic (exact) mass is 581 g/mol. The minimum absolute atomic E-state index is 0.211. The lowest BCUT2D eigenvalue weighted by molar-refractivity contribution is -0.159. The van der Waals surface area contributed by atoms with E-state index in [9.17, 15) is 19.2 Å². The predicted molar refractivity (Wildman–Crippen MR) is 163 cm³/mol. The number of benzene rings is 2. The Bertz CT molecular complexity index is 1230. The highest BCUT2D eigenvalue weighted by molar-refractivity contribution is 5.93. The highest BCUT2D eigenvalue weighted by Gasteiger charge is 2.36. The van der Waals surface area contributed by atoms with E-state index < -0.39 is 47.2 Å². The van der Waals surface area contributed by atoms with E-state index in [1.54, 1.807) is 41.5 Å². The van der Waals surface area contributed by atoms with Crippen LogP contribution in [0.1, 0.15) is 83.2 Å². The normalized spacial score (nSPS) is 13.0. The molecule has 0 fully saturated rings. The maximum atomic E-state index is 14.2. The summed E-state index contributed by atoms with van der Waals surface area (Å²) in [6.45, 7) is 16.1. The lowest BCUT2D eigenvalue weighted by Crippen LogP contribution is -2.52. The number of carbonyl (C=O) groups excluding carboxylic acids is 4. The number of alkyl carbamates (subject to hydrolysis) is 1. The number of rotatable bonds is 11. The first-order valence-electron chi connectivity index (χ1n) is 14.4. The van der Waals surface area contributed by atoms with Gasteiger partial charge in [-0.05, 0) is 78.5 Å². The van der Waals surface area contributed by atoms with E-state index >= 15 is 0 Å². The van der Waals surface area contributed by atoms with Crippen molar-refractivity contribution < 1.29 is 28.7 Å². The van der Waals surface area contributed by atoms with Gasteiger partial charge in [0.05, 0.1) is 0 Å². The van der Waals surface area contributed by atoms with Gasteiger partial charge in [-0.15, -0.1) is 0 Å². The van der Waals surface area contributed by atoms with Gasteiger partial charge < -0.3 is 25.0 Å². The number of nitrogens with one attached hydrogen (secondary N) is 2. The highest BCUT2D eigenvalue weighted by atomic mass is 16.6. The summed E-state index contributed by atoms with van der Waals surface area (Å²) >= 11 is 0. The van der Waals surface area contributed by atoms with Gasteiger partial charge in [-0.1, -0.05) is 61.0 Å². The lowest BCUT2D eigenvalue weighted by atomic mass is 9.95. The zero-order valence-electron chi connectivity index (χ0n) is 26.5. The SMILES string of the molecule is CCCN(C(=O)CNC(=O)OC(C)(C)C)C(C(=O)NC(Cc1ccccc1)C(=O)OC(C)(C)C)c1cc(C)ccc1C. The summed E-state index contributed by atoms with van der Waals surface area (Å²) in [5.41, 5.74) is 1.71. The standard InChI is InChI=1S/C33H47N3O6/c1-10-18-36(27(37)21-34-31(40)42-33(7,8)9)28(25-19-22(2)16-17-23(25)3)29(38)35-26(30(39)41-32(4,5)6)20-24-14-12-11-13-15-24/h11-17,19,26,28H,10,18,20-21H2,1-9H3,(H,34,40)(H,35,38). The third-order valence-corrected chi connectivity index (χ3v) is 6.15. The molecule has 0 bridgehead atoms. The van der Waals surface area contributed by atoms with Crippen LogP contribution < -0.4 is 10.6 Å². The van der Waals surface area contributed by atoms with Gasteiger partial charge in [0, 0.05) is 13.0 Å². The fraction of sp³-hybridized carbons (Fsp3) is 0.515. The van der Waals surface area contributed by atoms with Gasteiger partial charge in [-0.3, -0.25) is 9.59 Å². The molecule has 0 spiro atoms. The van der Waals surface area contributed by atoms with Crippen molar-refractivity contribution in [1.29, 1.82) is 0 Å². The number of esters is 1. The first kappa shape index (κ1) is 34.3. The van der Waals surface area contributed by atoms with Gasteiger partial charge >= 0.3 is 12.1 Å². The molecule has 0 saturated carbocycles. The van der Waals surface area contributed by atoms with Gasteiger partial charge in [0.2, 0.25) is 11.8 Å². The molecule has 3 amide bonds. The molecule has 2 atom stereocenters. The number of hydrogen-bond acceptors (Lipinski definition) is 6. The fourth-order valence-electron chi connectivity index (χ4n) is 4.37. The summed E-state index contributed by atoms with van der Waals surface area (Å²) in [6.07, 6.45) is 0.0443. The molecule has 2 unspecified atom stereocenters. The van der Waals surface area contributed by atoms with Crippen molar-refractivity contribution in [3.8, 4) is 0 Å². The van der Waals surface area contributed by atoms with E-state index in [0.29, 0.717) is 12.0 Å². The third kappa shape index (κ3) is 11.2. The van der Waals surface area contributed by atoms with Crippen LogP contribution in [0.4, 0.5) is 4.79 Å². The van der Waals surface area contributed by atoms with Crippen molar-refractivity contribution in [3.63, 3.8) is 0 Å². The minimum atomic E-state index is -1.06. The Labute approximate surface area is 250 Å². The quantitative estimate of drug-likeness (QED) is 0.354. The predicted octanol–water partition coefficient (Wildman–Crippen LogP) is 5.18. The first-order valence-corrected chi connectivity index (χ1v) is 14.4. The molecule has 0 aliphatic heterocycles. The van der Waals surface area contributed by atoms with E-state index in [4.69, 9.17) is 9.47 Å². The van der Waals surface area contributed by atoms with Crippen LogP contribution in [0.3, 0.4) is 0 Å². The van der Waals surface area contributed by atoms with Gasteiger partial charge in [0.1, 0.15) is 29.8 Å². The molecule has 0 aromatic heterocycles. The summed E-state index contributed by atoms with van der Waals surface area (Å²) < 4.78 is 10.9. The summed E-state index contributed by atoms with van der Waals surface area (Å²) in [4.78, 5) is 54.9. The molecule has 0 aliphatic rings. The highest BCUT2D eigenvalue weighted by Crippen LogP contribution is 2.27. The molecular weight excluding hydrogens is 534 g/mol. The lowest BCUT2D eigenvalue weighted by Gasteiger charge is -2.34. The summed E-state index contributed by atoms with van der Waals surface area (Å²) in [5.74, 6) is -1.55. The number of carbonyl (C=O) groups is 4. The zero-order chi connectivity index (χ0) is 31.7. The molecule has 0 aliphatic carbocycles. The summed E-state index contributed by atoms with van der Waals surface area (Å²) in [6, 6.07) is 13.0. The van der Waals surface area contributed by atoms with Crippen LogP contribution in [0.2, 0.25) is 0 Å². The maximum Gasteiger partial charge on any atom is 0.408 e. The number of hydrogen-bond donors (Lipinski definition) is 2. The molecule has 2 aromatic rings. The second-order valence-electron chi connectivity index (χ2n) is 12.5. The van der Waals surface area contributed by atoms with Crippen molar-refractivity contribution >= 4 is 23.9 Å². The molecule has 230 valence electrons. The van der Waals surface area contributed by atoms with Crippen LogP contribution >= 0.6 is 0 Å². The zero-order valence-corrected chi connectivity index (χ0v) is 26.5. The topological polar surface area (TPSA) is 114 Å². The van der Waals surface area contributed by atoms with Gasteiger partial charge in [0.15, 0.2) is 0 Å². The molecule has 2 aromatic carbocycles. The van der Waals surface area contributed by atoms with Crippen molar-refractivity contribution in [2.24, 2.45) is 0 Å².